The van der Waals surface area contributed by atoms with Gasteiger partial charge in [-0.15, -0.1) is 0 Å². The zero-order valence-electron chi connectivity index (χ0n) is 9.73. The Morgan fingerprint density at radius 3 is 2.82 bits per heavy atom. The third kappa shape index (κ3) is 4.11. The monoisotopic (exact) mass is 301 g/mol. The van der Waals surface area contributed by atoms with E-state index in [0.717, 1.165) is 16.4 Å². The van der Waals surface area contributed by atoms with Crippen LogP contribution in [-0.2, 0) is 4.74 Å². The van der Waals surface area contributed by atoms with Crippen LogP contribution < -0.4 is 4.90 Å². The first-order valence-electron chi connectivity index (χ1n) is 5.32. The van der Waals surface area contributed by atoms with E-state index < -0.39 is 0 Å². The van der Waals surface area contributed by atoms with Crippen LogP contribution in [0.2, 0.25) is 0 Å². The lowest BCUT2D eigenvalue weighted by Gasteiger charge is -2.25. The number of benzene rings is 1. The molecular weight excluding hydrogens is 286 g/mol. The van der Waals surface area contributed by atoms with Crippen LogP contribution in [0, 0.1) is 0 Å². The third-order valence-electron chi connectivity index (χ3n) is 2.40. The number of aliphatic hydroxyl groups excluding tert-OH is 1. The average Bonchev–Trinajstić information content (AvgIpc) is 2.34. The highest BCUT2D eigenvalue weighted by atomic mass is 79.9. The summed E-state index contributed by atoms with van der Waals surface area (Å²) in [5, 5.41) is 9.05. The highest BCUT2D eigenvalue weighted by Crippen LogP contribution is 2.23. The molecule has 0 amide bonds. The molecule has 1 aromatic carbocycles. The van der Waals surface area contributed by atoms with Crippen molar-refractivity contribution in [3.63, 3.8) is 0 Å². The SMILES string of the molecule is COCCN(CCO)c1cc(Br)ccc1C=O. The number of carbonyl (C=O) groups is 1. The fraction of sp³-hybridized carbons (Fsp3) is 0.417. The van der Waals surface area contributed by atoms with Crippen LogP contribution in [0.5, 0.6) is 0 Å². The van der Waals surface area contributed by atoms with E-state index in [9.17, 15) is 4.79 Å². The van der Waals surface area contributed by atoms with Crippen LogP contribution in [0.1, 0.15) is 10.4 Å². The number of rotatable bonds is 7. The van der Waals surface area contributed by atoms with Crippen LogP contribution in [0.4, 0.5) is 5.69 Å². The first kappa shape index (κ1) is 14.2. The van der Waals surface area contributed by atoms with Gasteiger partial charge >= 0.3 is 0 Å². The van der Waals surface area contributed by atoms with E-state index in [1.165, 1.54) is 0 Å². The highest BCUT2D eigenvalue weighted by molar-refractivity contribution is 9.10. The number of halogens is 1. The molecule has 4 nitrogen and oxygen atoms in total. The number of aliphatic hydroxyl groups is 1. The van der Waals surface area contributed by atoms with Gasteiger partial charge in [0.15, 0.2) is 6.29 Å². The molecule has 5 heteroatoms. The van der Waals surface area contributed by atoms with Gasteiger partial charge in [0.05, 0.1) is 13.2 Å². The minimum absolute atomic E-state index is 0.0362. The Bertz CT molecular complexity index is 371. The van der Waals surface area contributed by atoms with Crippen LogP contribution in [0.25, 0.3) is 0 Å². The van der Waals surface area contributed by atoms with Crippen molar-refractivity contribution in [1.29, 1.82) is 0 Å². The van der Waals surface area contributed by atoms with E-state index in [2.05, 4.69) is 15.9 Å². The van der Waals surface area contributed by atoms with Crippen LogP contribution in [0.3, 0.4) is 0 Å². The topological polar surface area (TPSA) is 49.8 Å². The maximum Gasteiger partial charge on any atom is 0.152 e. The van der Waals surface area contributed by atoms with Crippen LogP contribution in [-0.4, -0.2) is 44.8 Å². The molecule has 0 saturated heterocycles. The second-order valence-corrected chi connectivity index (χ2v) is 4.44. The van der Waals surface area contributed by atoms with Crippen molar-refractivity contribution in [3.05, 3.63) is 28.2 Å². The van der Waals surface area contributed by atoms with Crippen molar-refractivity contribution >= 4 is 27.9 Å². The molecule has 0 aliphatic heterocycles. The van der Waals surface area contributed by atoms with E-state index in [-0.39, 0.29) is 6.61 Å². The minimum atomic E-state index is 0.0362. The molecule has 0 spiro atoms. The Hall–Kier alpha value is -0.910. The van der Waals surface area contributed by atoms with Crippen molar-refractivity contribution in [3.8, 4) is 0 Å². The summed E-state index contributed by atoms with van der Waals surface area (Å²) in [7, 11) is 1.62. The van der Waals surface area contributed by atoms with Gasteiger partial charge < -0.3 is 14.7 Å². The maximum atomic E-state index is 11.0. The summed E-state index contributed by atoms with van der Waals surface area (Å²) in [5.41, 5.74) is 1.42. The molecule has 17 heavy (non-hydrogen) atoms. The van der Waals surface area contributed by atoms with Gasteiger partial charge in [0.25, 0.3) is 0 Å². The van der Waals surface area contributed by atoms with Crippen molar-refractivity contribution in [2.45, 2.75) is 0 Å². The van der Waals surface area contributed by atoms with Crippen molar-refractivity contribution < 1.29 is 14.6 Å². The summed E-state index contributed by atoms with van der Waals surface area (Å²) < 4.78 is 5.92. The predicted octanol–water partition coefficient (Wildman–Crippen LogP) is 1.71. The molecule has 0 aliphatic carbocycles. The lowest BCUT2D eigenvalue weighted by molar-refractivity contribution is 0.112. The molecule has 1 N–H and O–H groups in total. The number of anilines is 1. The van der Waals surface area contributed by atoms with Crippen LogP contribution in [0.15, 0.2) is 22.7 Å². The molecule has 1 rings (SSSR count). The van der Waals surface area contributed by atoms with Gasteiger partial charge in [-0.1, -0.05) is 15.9 Å². The summed E-state index contributed by atoms with van der Waals surface area (Å²) in [5.74, 6) is 0. The molecule has 0 saturated carbocycles. The van der Waals surface area contributed by atoms with Crippen molar-refractivity contribution in [2.75, 3.05) is 38.3 Å². The quantitative estimate of drug-likeness (QED) is 0.779. The lowest BCUT2D eigenvalue weighted by atomic mass is 10.1. The van der Waals surface area contributed by atoms with Gasteiger partial charge in [0.2, 0.25) is 0 Å². The number of aldehydes is 1. The fourth-order valence-electron chi connectivity index (χ4n) is 1.57. The highest BCUT2D eigenvalue weighted by Gasteiger charge is 2.11. The second-order valence-electron chi connectivity index (χ2n) is 3.52. The second kappa shape index (κ2) is 7.42. The Kier molecular flexibility index (Phi) is 6.18. The zero-order chi connectivity index (χ0) is 12.7. The number of carbonyl (C=O) groups excluding carboxylic acids is 1. The van der Waals surface area contributed by atoms with Crippen LogP contribution >= 0.6 is 15.9 Å². The number of hydrogen-bond acceptors (Lipinski definition) is 4. The zero-order valence-corrected chi connectivity index (χ0v) is 11.3. The predicted molar refractivity (Wildman–Crippen MR) is 70.7 cm³/mol. The molecule has 1 aromatic rings. The Morgan fingerprint density at radius 2 is 2.24 bits per heavy atom. The summed E-state index contributed by atoms with van der Waals surface area (Å²) in [4.78, 5) is 12.9. The van der Waals surface area contributed by atoms with Gasteiger partial charge in [-0.05, 0) is 18.2 Å². The summed E-state index contributed by atoms with van der Waals surface area (Å²) in [6, 6.07) is 5.44. The standard InChI is InChI=1S/C12H16BrNO3/c1-17-7-5-14(4-6-15)12-8-11(13)3-2-10(12)9-16/h2-3,8-9,15H,4-7H2,1H3. The van der Waals surface area contributed by atoms with Crippen molar-refractivity contribution in [1.82, 2.24) is 0 Å². The van der Waals surface area contributed by atoms with Gasteiger partial charge in [-0.25, -0.2) is 0 Å². The first-order valence-corrected chi connectivity index (χ1v) is 6.11. The average molecular weight is 302 g/mol. The van der Waals surface area contributed by atoms with Gasteiger partial charge in [-0.3, -0.25) is 4.79 Å². The fourth-order valence-corrected chi connectivity index (χ4v) is 1.91. The van der Waals surface area contributed by atoms with Gasteiger partial charge in [-0.2, -0.15) is 0 Å². The third-order valence-corrected chi connectivity index (χ3v) is 2.89. The number of methoxy groups -OCH3 is 1. The van der Waals surface area contributed by atoms with E-state index >= 15 is 0 Å². The largest absolute Gasteiger partial charge is 0.395 e. The van der Waals surface area contributed by atoms with Crippen molar-refractivity contribution in [2.24, 2.45) is 0 Å². The van der Waals surface area contributed by atoms with E-state index in [1.807, 2.05) is 17.0 Å². The normalized spacial score (nSPS) is 10.3. The first-order chi connectivity index (χ1) is 8.22. The van der Waals surface area contributed by atoms with E-state index in [0.29, 0.717) is 25.3 Å². The van der Waals surface area contributed by atoms with E-state index in [1.54, 1.807) is 13.2 Å². The molecule has 0 atom stereocenters. The van der Waals surface area contributed by atoms with Gasteiger partial charge in [0, 0.05) is 35.9 Å². The molecule has 0 heterocycles. The molecular formula is C12H16BrNO3. The summed E-state index contributed by atoms with van der Waals surface area (Å²) >= 11 is 3.38. The molecule has 0 unspecified atom stereocenters. The lowest BCUT2D eigenvalue weighted by Crippen LogP contribution is -2.31. The molecule has 94 valence electrons. The van der Waals surface area contributed by atoms with Gasteiger partial charge in [0.1, 0.15) is 0 Å². The summed E-state index contributed by atoms with van der Waals surface area (Å²) in [6.07, 6.45) is 0.818. The molecule has 0 aliphatic rings. The Balaban J connectivity index is 2.97. The molecule has 0 fully saturated rings. The summed E-state index contributed by atoms with van der Waals surface area (Å²) in [6.45, 7) is 1.69. The minimum Gasteiger partial charge on any atom is -0.395 e. The molecule has 0 aromatic heterocycles. The number of hydrogen-bond donors (Lipinski definition) is 1. The number of ether oxygens (including phenoxy) is 1. The Labute approximate surface area is 109 Å². The smallest absolute Gasteiger partial charge is 0.152 e. The number of nitrogens with zero attached hydrogens (tertiary/aromatic N) is 1. The molecule has 0 radical (unpaired) electrons. The van der Waals surface area contributed by atoms with E-state index in [4.69, 9.17) is 9.84 Å². The maximum absolute atomic E-state index is 11.0. The molecule has 0 bridgehead atoms. The Morgan fingerprint density at radius 1 is 1.47 bits per heavy atom.